The molecule has 0 unspecified atom stereocenters. The molecule has 0 aliphatic heterocycles. The lowest BCUT2D eigenvalue weighted by Gasteiger charge is -2.14. The number of aromatic nitrogens is 3. The fourth-order valence-electron chi connectivity index (χ4n) is 3.22. The first-order valence-electron chi connectivity index (χ1n) is 8.86. The Morgan fingerprint density at radius 3 is 2.63 bits per heavy atom. The molecular formula is C21H19N3O2S. The molecule has 4 aromatic rings. The Kier molecular flexibility index (Phi) is 4.58. The highest BCUT2D eigenvalue weighted by Crippen LogP contribution is 2.27. The standard InChI is InChI=1S/C21H19N3O2S/c1-3-24-20(26)15-9-5-7-11-18(15)23-21(24)27-13(2)19(25)16-12-22-17-10-6-4-8-14(16)17/h4-13,22H,3H2,1-2H3/t13-/m0/s1. The Labute approximate surface area is 160 Å². The molecule has 5 nitrogen and oxygen atoms in total. The minimum Gasteiger partial charge on any atom is -0.360 e. The van der Waals surface area contributed by atoms with E-state index in [1.165, 1.54) is 11.8 Å². The van der Waals surface area contributed by atoms with Crippen molar-refractivity contribution in [2.75, 3.05) is 0 Å². The molecule has 0 saturated heterocycles. The van der Waals surface area contributed by atoms with Gasteiger partial charge in [-0.3, -0.25) is 14.2 Å². The quantitative estimate of drug-likeness (QED) is 0.321. The van der Waals surface area contributed by atoms with Crippen LogP contribution in [0.4, 0.5) is 0 Å². The van der Waals surface area contributed by atoms with Gasteiger partial charge in [-0.15, -0.1) is 0 Å². The first kappa shape index (κ1) is 17.5. The van der Waals surface area contributed by atoms with Crippen LogP contribution in [0.3, 0.4) is 0 Å². The summed E-state index contributed by atoms with van der Waals surface area (Å²) in [5, 5.41) is 1.71. The number of nitrogens with one attached hydrogen (secondary N) is 1. The Morgan fingerprint density at radius 2 is 1.85 bits per heavy atom. The number of Topliss-reactive ketones (excluding diaryl/α,β-unsaturated/α-hetero) is 1. The van der Waals surface area contributed by atoms with Crippen molar-refractivity contribution in [2.24, 2.45) is 0 Å². The normalized spacial score (nSPS) is 12.5. The van der Waals surface area contributed by atoms with Crippen molar-refractivity contribution >= 4 is 39.4 Å². The highest BCUT2D eigenvalue weighted by atomic mass is 32.2. The predicted molar refractivity (Wildman–Crippen MR) is 110 cm³/mol. The summed E-state index contributed by atoms with van der Waals surface area (Å²) in [7, 11) is 0. The number of hydrogen-bond acceptors (Lipinski definition) is 4. The number of aromatic amines is 1. The molecule has 2 aromatic heterocycles. The molecule has 0 saturated carbocycles. The number of benzene rings is 2. The molecule has 6 heteroatoms. The molecule has 27 heavy (non-hydrogen) atoms. The van der Waals surface area contributed by atoms with Gasteiger partial charge < -0.3 is 4.98 Å². The lowest BCUT2D eigenvalue weighted by molar-refractivity contribution is 0.0995. The minimum atomic E-state index is -0.366. The van der Waals surface area contributed by atoms with Crippen LogP contribution in [0.25, 0.3) is 21.8 Å². The summed E-state index contributed by atoms with van der Waals surface area (Å²) >= 11 is 1.33. The average molecular weight is 377 g/mol. The van der Waals surface area contributed by atoms with E-state index in [-0.39, 0.29) is 16.6 Å². The topological polar surface area (TPSA) is 67.8 Å². The van der Waals surface area contributed by atoms with Crippen molar-refractivity contribution in [3.05, 3.63) is 70.6 Å². The zero-order valence-electron chi connectivity index (χ0n) is 15.1. The van der Waals surface area contributed by atoms with Gasteiger partial charge in [0.1, 0.15) is 0 Å². The van der Waals surface area contributed by atoms with Gasteiger partial charge in [-0.05, 0) is 32.0 Å². The highest BCUT2D eigenvalue weighted by molar-refractivity contribution is 8.00. The van der Waals surface area contributed by atoms with E-state index in [0.29, 0.717) is 28.2 Å². The van der Waals surface area contributed by atoms with E-state index < -0.39 is 0 Å². The Morgan fingerprint density at radius 1 is 1.15 bits per heavy atom. The maximum Gasteiger partial charge on any atom is 0.262 e. The largest absolute Gasteiger partial charge is 0.360 e. The lowest BCUT2D eigenvalue weighted by Crippen LogP contribution is -2.24. The second-order valence-electron chi connectivity index (χ2n) is 6.33. The van der Waals surface area contributed by atoms with Crippen LogP contribution in [0.2, 0.25) is 0 Å². The summed E-state index contributed by atoms with van der Waals surface area (Å²) in [6.45, 7) is 4.27. The second-order valence-corrected chi connectivity index (χ2v) is 7.64. The van der Waals surface area contributed by atoms with Gasteiger partial charge >= 0.3 is 0 Å². The fraction of sp³-hybridized carbons (Fsp3) is 0.190. The fourth-order valence-corrected chi connectivity index (χ4v) is 4.26. The second kappa shape index (κ2) is 7.04. The first-order chi connectivity index (χ1) is 13.1. The monoisotopic (exact) mass is 377 g/mol. The Hall–Kier alpha value is -2.86. The summed E-state index contributed by atoms with van der Waals surface area (Å²) in [6, 6.07) is 15.0. The Bertz CT molecular complexity index is 1210. The van der Waals surface area contributed by atoms with E-state index >= 15 is 0 Å². The molecule has 4 rings (SSSR count). The SMILES string of the molecule is CCn1c(S[C@@H](C)C(=O)c2c[nH]c3ccccc23)nc2ccccc2c1=O. The molecular weight excluding hydrogens is 358 g/mol. The molecule has 2 heterocycles. The van der Waals surface area contributed by atoms with Gasteiger partial charge in [-0.1, -0.05) is 42.1 Å². The maximum atomic E-state index is 13.0. The summed E-state index contributed by atoms with van der Waals surface area (Å²) in [5.74, 6) is 0.0162. The van der Waals surface area contributed by atoms with Crippen LogP contribution in [0.1, 0.15) is 24.2 Å². The van der Waals surface area contributed by atoms with Crippen molar-refractivity contribution < 1.29 is 4.79 Å². The van der Waals surface area contributed by atoms with Gasteiger partial charge in [0.15, 0.2) is 10.9 Å². The molecule has 2 aromatic carbocycles. The summed E-state index contributed by atoms with van der Waals surface area (Å²) < 4.78 is 1.63. The Balaban J connectivity index is 1.71. The number of hydrogen-bond donors (Lipinski definition) is 1. The lowest BCUT2D eigenvalue weighted by atomic mass is 10.1. The molecule has 0 bridgehead atoms. The molecule has 0 aliphatic rings. The maximum absolute atomic E-state index is 13.0. The number of carbonyl (C=O) groups excluding carboxylic acids is 1. The molecule has 0 aliphatic carbocycles. The summed E-state index contributed by atoms with van der Waals surface area (Å²) in [6.07, 6.45) is 1.75. The van der Waals surface area contributed by atoms with Crippen LogP contribution < -0.4 is 5.56 Å². The van der Waals surface area contributed by atoms with Crippen LogP contribution in [0, 0.1) is 0 Å². The number of carbonyl (C=O) groups is 1. The zero-order valence-corrected chi connectivity index (χ0v) is 15.9. The van der Waals surface area contributed by atoms with Gasteiger partial charge in [0.25, 0.3) is 5.56 Å². The van der Waals surface area contributed by atoms with Gasteiger partial charge in [0.05, 0.1) is 16.2 Å². The third-order valence-corrected chi connectivity index (χ3v) is 5.74. The zero-order chi connectivity index (χ0) is 19.0. The smallest absolute Gasteiger partial charge is 0.262 e. The number of thioether (sulfide) groups is 1. The third-order valence-electron chi connectivity index (χ3n) is 4.65. The van der Waals surface area contributed by atoms with Crippen LogP contribution in [0.15, 0.2) is 64.7 Å². The number of H-pyrrole nitrogens is 1. The summed E-state index contributed by atoms with van der Waals surface area (Å²) in [4.78, 5) is 33.6. The number of para-hydroxylation sites is 2. The van der Waals surface area contributed by atoms with Gasteiger partial charge in [-0.2, -0.15) is 0 Å². The number of fused-ring (bicyclic) bond motifs is 2. The van der Waals surface area contributed by atoms with Crippen LogP contribution >= 0.6 is 11.8 Å². The average Bonchev–Trinajstić information content (AvgIpc) is 3.12. The van der Waals surface area contributed by atoms with Crippen molar-refractivity contribution in [3.63, 3.8) is 0 Å². The molecule has 1 atom stereocenters. The van der Waals surface area contributed by atoms with Crippen molar-refractivity contribution in [1.82, 2.24) is 14.5 Å². The van der Waals surface area contributed by atoms with Gasteiger partial charge in [-0.25, -0.2) is 4.98 Å². The van der Waals surface area contributed by atoms with Crippen molar-refractivity contribution in [2.45, 2.75) is 30.8 Å². The van der Waals surface area contributed by atoms with E-state index in [0.717, 1.165) is 10.9 Å². The van der Waals surface area contributed by atoms with E-state index in [4.69, 9.17) is 0 Å². The molecule has 0 amide bonds. The van der Waals surface area contributed by atoms with E-state index in [1.807, 2.05) is 56.3 Å². The van der Waals surface area contributed by atoms with Gasteiger partial charge in [0.2, 0.25) is 0 Å². The molecule has 0 radical (unpaired) electrons. The van der Waals surface area contributed by atoms with E-state index in [1.54, 1.807) is 16.8 Å². The van der Waals surface area contributed by atoms with Crippen LogP contribution in [0.5, 0.6) is 0 Å². The first-order valence-corrected chi connectivity index (χ1v) is 9.74. The highest BCUT2D eigenvalue weighted by Gasteiger charge is 2.22. The number of nitrogens with zero attached hydrogens (tertiary/aromatic N) is 2. The molecule has 1 N–H and O–H groups in total. The van der Waals surface area contributed by atoms with Gasteiger partial charge in [0, 0.05) is 29.2 Å². The summed E-state index contributed by atoms with van der Waals surface area (Å²) in [5.41, 5.74) is 2.18. The molecule has 0 spiro atoms. The van der Waals surface area contributed by atoms with Crippen molar-refractivity contribution in [3.8, 4) is 0 Å². The third kappa shape index (κ3) is 3.06. The predicted octanol–water partition coefficient (Wildman–Crippen LogP) is 4.26. The number of rotatable bonds is 5. The molecule has 136 valence electrons. The van der Waals surface area contributed by atoms with E-state index in [2.05, 4.69) is 9.97 Å². The van der Waals surface area contributed by atoms with E-state index in [9.17, 15) is 9.59 Å². The van der Waals surface area contributed by atoms with Crippen LogP contribution in [-0.2, 0) is 6.54 Å². The minimum absolute atomic E-state index is 0.0162. The molecule has 0 fully saturated rings. The van der Waals surface area contributed by atoms with Crippen molar-refractivity contribution in [1.29, 1.82) is 0 Å². The number of ketones is 1. The van der Waals surface area contributed by atoms with Crippen LogP contribution in [-0.4, -0.2) is 25.6 Å².